The van der Waals surface area contributed by atoms with Gasteiger partial charge in [0.15, 0.2) is 0 Å². The maximum absolute atomic E-state index is 11.6. The van der Waals surface area contributed by atoms with E-state index >= 15 is 0 Å². The first-order chi connectivity index (χ1) is 9.74. The normalized spacial score (nSPS) is 21.8. The molecule has 1 heterocycles. The number of alkyl carbamates (subject to hydrolysis) is 1. The predicted molar refractivity (Wildman–Crippen MR) is 81.0 cm³/mol. The third-order valence-electron chi connectivity index (χ3n) is 3.78. The summed E-state index contributed by atoms with van der Waals surface area (Å²) in [7, 11) is 1.95. The van der Waals surface area contributed by atoms with Gasteiger partial charge in [-0.15, -0.1) is 0 Å². The van der Waals surface area contributed by atoms with E-state index < -0.39 is 5.60 Å². The lowest BCUT2D eigenvalue weighted by molar-refractivity contribution is 0.0465. The van der Waals surface area contributed by atoms with Gasteiger partial charge in [-0.2, -0.15) is 5.10 Å². The van der Waals surface area contributed by atoms with Crippen LogP contribution in [0.15, 0.2) is 6.20 Å². The molecule has 0 saturated heterocycles. The van der Waals surface area contributed by atoms with E-state index in [0.29, 0.717) is 6.04 Å². The minimum absolute atomic E-state index is 0.215. The average Bonchev–Trinajstić information content (AvgIpc) is 2.61. The first kappa shape index (κ1) is 15.8. The topological polar surface area (TPSA) is 68.2 Å². The third-order valence-corrected chi connectivity index (χ3v) is 3.78. The summed E-state index contributed by atoms with van der Waals surface area (Å²) >= 11 is 0. The Labute approximate surface area is 126 Å². The highest BCUT2D eigenvalue weighted by Crippen LogP contribution is 2.21. The molecule has 118 valence electrons. The molecule has 2 N–H and O–H groups in total. The molecule has 0 spiro atoms. The Kier molecular flexibility index (Phi) is 4.56. The van der Waals surface area contributed by atoms with Crippen molar-refractivity contribution in [1.82, 2.24) is 20.4 Å². The van der Waals surface area contributed by atoms with Gasteiger partial charge in [0.1, 0.15) is 5.60 Å². The molecule has 1 saturated carbocycles. The van der Waals surface area contributed by atoms with Crippen molar-refractivity contribution in [2.75, 3.05) is 0 Å². The molecule has 2 rings (SSSR count). The van der Waals surface area contributed by atoms with Crippen molar-refractivity contribution in [2.24, 2.45) is 7.05 Å². The minimum Gasteiger partial charge on any atom is -0.444 e. The molecule has 1 fully saturated rings. The van der Waals surface area contributed by atoms with Crippen LogP contribution >= 0.6 is 0 Å². The smallest absolute Gasteiger partial charge is 0.407 e. The number of nitrogens with one attached hydrogen (secondary N) is 2. The van der Waals surface area contributed by atoms with Crippen molar-refractivity contribution in [1.29, 1.82) is 0 Å². The zero-order valence-corrected chi connectivity index (χ0v) is 13.6. The van der Waals surface area contributed by atoms with Gasteiger partial charge in [-0.3, -0.25) is 4.68 Å². The number of rotatable bonds is 4. The summed E-state index contributed by atoms with van der Waals surface area (Å²) < 4.78 is 7.13. The molecule has 1 aliphatic carbocycles. The summed E-state index contributed by atoms with van der Waals surface area (Å²) in [6, 6.07) is 0.664. The summed E-state index contributed by atoms with van der Waals surface area (Å²) in [5, 5.41) is 10.6. The summed E-state index contributed by atoms with van der Waals surface area (Å²) in [6.07, 6.45) is 3.46. The van der Waals surface area contributed by atoms with Crippen LogP contribution in [-0.4, -0.2) is 33.6 Å². The number of nitrogens with zero attached hydrogens (tertiary/aromatic N) is 2. The molecule has 1 aromatic heterocycles. The van der Waals surface area contributed by atoms with Crippen LogP contribution in [0.25, 0.3) is 0 Å². The van der Waals surface area contributed by atoms with E-state index in [4.69, 9.17) is 4.74 Å². The highest BCUT2D eigenvalue weighted by atomic mass is 16.6. The standard InChI is InChI=1S/C15H26N4O2/c1-10-11(9-17-19(10)5)8-16-12-6-13(7-12)18-14(20)21-15(2,3)4/h9,12-13,16H,6-8H2,1-5H3,(H,18,20). The molecule has 0 unspecified atom stereocenters. The number of carbonyl (C=O) groups excluding carboxylic acids is 1. The molecule has 21 heavy (non-hydrogen) atoms. The molecule has 6 heteroatoms. The van der Waals surface area contributed by atoms with Crippen LogP contribution in [0.4, 0.5) is 4.79 Å². The fraction of sp³-hybridized carbons (Fsp3) is 0.733. The quantitative estimate of drug-likeness (QED) is 0.889. The van der Waals surface area contributed by atoms with E-state index in [1.807, 2.05) is 38.7 Å². The van der Waals surface area contributed by atoms with Crippen molar-refractivity contribution in [3.8, 4) is 0 Å². The SMILES string of the molecule is Cc1c(CNC2CC(NC(=O)OC(C)(C)C)C2)cnn1C. The van der Waals surface area contributed by atoms with Gasteiger partial charge >= 0.3 is 6.09 Å². The van der Waals surface area contributed by atoms with Gasteiger partial charge in [-0.1, -0.05) is 0 Å². The van der Waals surface area contributed by atoms with Crippen molar-refractivity contribution in [3.05, 3.63) is 17.5 Å². The predicted octanol–water partition coefficient (Wildman–Crippen LogP) is 1.87. The zero-order valence-electron chi connectivity index (χ0n) is 13.6. The molecule has 1 aliphatic rings. The second-order valence-electron chi connectivity index (χ2n) is 6.77. The Morgan fingerprint density at radius 2 is 2.10 bits per heavy atom. The Morgan fingerprint density at radius 3 is 2.62 bits per heavy atom. The van der Waals surface area contributed by atoms with E-state index in [9.17, 15) is 4.79 Å². The number of aryl methyl sites for hydroxylation is 1. The number of aromatic nitrogens is 2. The molecule has 1 amide bonds. The molecular weight excluding hydrogens is 268 g/mol. The number of hydrogen-bond acceptors (Lipinski definition) is 4. The fourth-order valence-corrected chi connectivity index (χ4v) is 2.35. The Bertz CT molecular complexity index is 498. The molecular formula is C15H26N4O2. The van der Waals surface area contributed by atoms with Gasteiger partial charge in [0.25, 0.3) is 0 Å². The van der Waals surface area contributed by atoms with E-state index in [-0.39, 0.29) is 12.1 Å². The van der Waals surface area contributed by atoms with Gasteiger partial charge < -0.3 is 15.4 Å². The number of amides is 1. The van der Waals surface area contributed by atoms with Gasteiger partial charge in [0.05, 0.1) is 6.20 Å². The highest BCUT2D eigenvalue weighted by Gasteiger charge is 2.31. The van der Waals surface area contributed by atoms with Gasteiger partial charge in [-0.25, -0.2) is 4.79 Å². The van der Waals surface area contributed by atoms with E-state index in [1.54, 1.807) is 0 Å². The molecule has 6 nitrogen and oxygen atoms in total. The van der Waals surface area contributed by atoms with Crippen LogP contribution in [0.3, 0.4) is 0 Å². The van der Waals surface area contributed by atoms with Crippen LogP contribution in [0.5, 0.6) is 0 Å². The van der Waals surface area contributed by atoms with Gasteiger partial charge in [0.2, 0.25) is 0 Å². The summed E-state index contributed by atoms with van der Waals surface area (Å²) in [4.78, 5) is 11.6. The van der Waals surface area contributed by atoms with Crippen molar-refractivity contribution >= 4 is 6.09 Å². The van der Waals surface area contributed by atoms with E-state index in [1.165, 1.54) is 11.3 Å². The Morgan fingerprint density at radius 1 is 1.43 bits per heavy atom. The Hall–Kier alpha value is -1.56. The van der Waals surface area contributed by atoms with Crippen molar-refractivity contribution < 1.29 is 9.53 Å². The van der Waals surface area contributed by atoms with Gasteiger partial charge in [-0.05, 0) is 40.5 Å². The van der Waals surface area contributed by atoms with E-state index in [0.717, 1.165) is 19.4 Å². The lowest BCUT2D eigenvalue weighted by Crippen LogP contribution is -2.53. The number of carbonyl (C=O) groups is 1. The van der Waals surface area contributed by atoms with Crippen molar-refractivity contribution in [3.63, 3.8) is 0 Å². The second kappa shape index (κ2) is 6.05. The summed E-state index contributed by atoms with van der Waals surface area (Å²) in [6.45, 7) is 8.50. The number of hydrogen-bond donors (Lipinski definition) is 2. The number of ether oxygens (including phenoxy) is 1. The van der Waals surface area contributed by atoms with Crippen LogP contribution in [0.1, 0.15) is 44.9 Å². The van der Waals surface area contributed by atoms with Crippen molar-refractivity contribution in [2.45, 2.75) is 64.8 Å². The molecule has 0 bridgehead atoms. The first-order valence-electron chi connectivity index (χ1n) is 7.45. The third kappa shape index (κ3) is 4.46. The Balaban J connectivity index is 1.66. The average molecular weight is 294 g/mol. The molecule has 0 radical (unpaired) electrons. The lowest BCUT2D eigenvalue weighted by atomic mass is 9.87. The van der Waals surface area contributed by atoms with E-state index in [2.05, 4.69) is 22.7 Å². The minimum atomic E-state index is -0.441. The fourth-order valence-electron chi connectivity index (χ4n) is 2.35. The molecule has 0 aliphatic heterocycles. The van der Waals surface area contributed by atoms with Gasteiger partial charge in [0, 0.05) is 36.9 Å². The maximum atomic E-state index is 11.6. The molecule has 1 aromatic rings. The summed E-state index contributed by atoms with van der Waals surface area (Å²) in [5.74, 6) is 0. The molecule has 0 atom stereocenters. The maximum Gasteiger partial charge on any atom is 0.407 e. The molecule has 0 aromatic carbocycles. The lowest BCUT2D eigenvalue weighted by Gasteiger charge is -2.36. The van der Waals surface area contributed by atoms with Crippen LogP contribution in [0.2, 0.25) is 0 Å². The first-order valence-corrected chi connectivity index (χ1v) is 7.45. The van der Waals surface area contributed by atoms with Crippen LogP contribution in [0, 0.1) is 6.92 Å². The zero-order chi connectivity index (χ0) is 15.6. The largest absolute Gasteiger partial charge is 0.444 e. The second-order valence-corrected chi connectivity index (χ2v) is 6.77. The monoisotopic (exact) mass is 294 g/mol. The van der Waals surface area contributed by atoms with Crippen LogP contribution in [-0.2, 0) is 18.3 Å². The summed E-state index contributed by atoms with van der Waals surface area (Å²) in [5.41, 5.74) is 1.97. The van der Waals surface area contributed by atoms with Crippen LogP contribution < -0.4 is 10.6 Å². The highest BCUT2D eigenvalue weighted by molar-refractivity contribution is 5.68.